The van der Waals surface area contributed by atoms with Crippen molar-refractivity contribution in [3.05, 3.63) is 29.8 Å². The summed E-state index contributed by atoms with van der Waals surface area (Å²) in [6.45, 7) is 3.14. The molecule has 138 valence electrons. The summed E-state index contributed by atoms with van der Waals surface area (Å²) in [6, 6.07) is 7.16. The van der Waals surface area contributed by atoms with E-state index in [4.69, 9.17) is 4.74 Å². The van der Waals surface area contributed by atoms with Gasteiger partial charge < -0.3 is 20.3 Å². The van der Waals surface area contributed by atoms with Crippen molar-refractivity contribution < 1.29 is 14.3 Å². The lowest BCUT2D eigenvalue weighted by Gasteiger charge is -2.17. The van der Waals surface area contributed by atoms with Gasteiger partial charge in [-0.1, -0.05) is 6.07 Å². The van der Waals surface area contributed by atoms with E-state index in [0.29, 0.717) is 23.8 Å². The van der Waals surface area contributed by atoms with Gasteiger partial charge in [-0.2, -0.15) is 0 Å². The highest BCUT2D eigenvalue weighted by atomic mass is 35.5. The minimum absolute atomic E-state index is 0. The first-order chi connectivity index (χ1) is 11.7. The van der Waals surface area contributed by atoms with Gasteiger partial charge in [-0.3, -0.25) is 9.59 Å². The fraction of sp³-hybridized carbons (Fsp3) is 0.556. The second-order valence-electron chi connectivity index (χ2n) is 6.54. The van der Waals surface area contributed by atoms with Crippen LogP contribution in [0.4, 0.5) is 5.69 Å². The second kappa shape index (κ2) is 9.17. The number of benzene rings is 1. The molecular weight excluding hydrogens is 342 g/mol. The van der Waals surface area contributed by atoms with E-state index >= 15 is 0 Å². The maximum atomic E-state index is 12.7. The molecule has 0 bridgehead atoms. The Morgan fingerprint density at radius 2 is 2.16 bits per heavy atom. The van der Waals surface area contributed by atoms with Crippen LogP contribution in [0.3, 0.4) is 0 Å². The number of amides is 2. The second-order valence-corrected chi connectivity index (χ2v) is 6.54. The predicted octanol–water partition coefficient (Wildman–Crippen LogP) is 1.91. The zero-order valence-electron chi connectivity index (χ0n) is 14.5. The van der Waals surface area contributed by atoms with Gasteiger partial charge in [0.15, 0.2) is 0 Å². The number of carbonyl (C=O) groups is 2. The number of hydrogen-bond donors (Lipinski definition) is 2. The molecule has 1 aromatic rings. The van der Waals surface area contributed by atoms with Gasteiger partial charge in [0.05, 0.1) is 0 Å². The van der Waals surface area contributed by atoms with Crippen LogP contribution in [0.1, 0.15) is 29.6 Å². The molecule has 2 fully saturated rings. The van der Waals surface area contributed by atoms with E-state index in [2.05, 4.69) is 10.6 Å². The fourth-order valence-electron chi connectivity index (χ4n) is 3.39. The summed E-state index contributed by atoms with van der Waals surface area (Å²) in [7, 11) is 1.94. The summed E-state index contributed by atoms with van der Waals surface area (Å²) >= 11 is 0. The van der Waals surface area contributed by atoms with E-state index in [0.717, 1.165) is 38.9 Å². The van der Waals surface area contributed by atoms with E-state index in [9.17, 15) is 9.59 Å². The molecule has 0 spiro atoms. The topological polar surface area (TPSA) is 70.7 Å². The molecule has 0 aliphatic carbocycles. The monoisotopic (exact) mass is 367 g/mol. The summed E-state index contributed by atoms with van der Waals surface area (Å²) < 4.78 is 5.39. The molecule has 2 heterocycles. The molecule has 3 rings (SSSR count). The Balaban J connectivity index is 0.00000225. The van der Waals surface area contributed by atoms with Gasteiger partial charge in [-0.15, -0.1) is 12.4 Å². The zero-order chi connectivity index (χ0) is 16.9. The molecular formula is C18H26ClN3O3. The minimum Gasteiger partial charge on any atom is -0.368 e. The first-order valence-corrected chi connectivity index (χ1v) is 8.64. The molecule has 25 heavy (non-hydrogen) atoms. The highest BCUT2D eigenvalue weighted by Gasteiger charge is 2.27. The lowest BCUT2D eigenvalue weighted by Crippen LogP contribution is -2.30. The summed E-state index contributed by atoms with van der Waals surface area (Å²) in [5.41, 5.74) is 1.26. The number of likely N-dealkylation sites (tertiary alicyclic amines) is 1. The molecule has 0 aromatic heterocycles. The smallest absolute Gasteiger partial charge is 0.253 e. The first kappa shape index (κ1) is 19.7. The summed E-state index contributed by atoms with van der Waals surface area (Å²) in [5.74, 6) is 0.413. The Kier molecular flexibility index (Phi) is 7.23. The Bertz CT molecular complexity index is 605. The van der Waals surface area contributed by atoms with Gasteiger partial charge in [0, 0.05) is 30.9 Å². The maximum Gasteiger partial charge on any atom is 0.253 e. The lowest BCUT2D eigenvalue weighted by molar-refractivity contribution is -0.124. The molecule has 2 N–H and O–H groups in total. The number of rotatable bonds is 5. The summed E-state index contributed by atoms with van der Waals surface area (Å²) in [6.07, 6.45) is 2.33. The third kappa shape index (κ3) is 4.93. The van der Waals surface area contributed by atoms with Crippen molar-refractivity contribution in [2.24, 2.45) is 5.92 Å². The van der Waals surface area contributed by atoms with Crippen LogP contribution in [0.2, 0.25) is 0 Å². The molecule has 0 saturated carbocycles. The fourth-order valence-corrected chi connectivity index (χ4v) is 3.39. The van der Waals surface area contributed by atoms with Crippen LogP contribution >= 0.6 is 12.4 Å². The molecule has 2 amide bonds. The summed E-state index contributed by atoms with van der Waals surface area (Å²) in [4.78, 5) is 26.7. The Morgan fingerprint density at radius 3 is 2.88 bits per heavy atom. The van der Waals surface area contributed by atoms with Crippen LogP contribution in [-0.2, 0) is 9.53 Å². The largest absolute Gasteiger partial charge is 0.368 e. The number of halogens is 1. The number of nitrogens with one attached hydrogen (secondary N) is 2. The minimum atomic E-state index is -0.370. The zero-order valence-corrected chi connectivity index (χ0v) is 15.3. The van der Waals surface area contributed by atoms with Crippen LogP contribution in [0.5, 0.6) is 0 Å². The number of carbonyl (C=O) groups excluding carboxylic acids is 2. The lowest BCUT2D eigenvalue weighted by atomic mass is 10.1. The van der Waals surface area contributed by atoms with Crippen molar-refractivity contribution in [1.29, 1.82) is 0 Å². The maximum absolute atomic E-state index is 12.7. The van der Waals surface area contributed by atoms with Crippen molar-refractivity contribution in [2.75, 3.05) is 38.6 Å². The predicted molar refractivity (Wildman–Crippen MR) is 99.2 cm³/mol. The molecule has 2 atom stereocenters. The number of hydrogen-bond acceptors (Lipinski definition) is 4. The Morgan fingerprint density at radius 1 is 1.32 bits per heavy atom. The normalized spacial score (nSPS) is 22.5. The van der Waals surface area contributed by atoms with E-state index in [1.165, 1.54) is 0 Å². The van der Waals surface area contributed by atoms with Gasteiger partial charge in [-0.05, 0) is 57.0 Å². The first-order valence-electron chi connectivity index (χ1n) is 8.64. The molecule has 2 unspecified atom stereocenters. The number of ether oxygens (including phenoxy) is 1. The van der Waals surface area contributed by atoms with E-state index in [1.54, 1.807) is 24.3 Å². The molecule has 2 aliphatic heterocycles. The van der Waals surface area contributed by atoms with E-state index in [1.807, 2.05) is 11.9 Å². The van der Waals surface area contributed by atoms with Crippen LogP contribution in [0.15, 0.2) is 24.3 Å². The van der Waals surface area contributed by atoms with Crippen LogP contribution in [0, 0.1) is 5.92 Å². The SMILES string of the molecule is CNCC1CCN(C(=O)c2cccc(NC(=O)C3CCCO3)c2)C1.Cl. The van der Waals surface area contributed by atoms with Gasteiger partial charge in [-0.25, -0.2) is 0 Å². The van der Waals surface area contributed by atoms with Crippen molar-refractivity contribution in [1.82, 2.24) is 10.2 Å². The highest BCUT2D eigenvalue weighted by Crippen LogP contribution is 2.20. The third-order valence-corrected chi connectivity index (χ3v) is 4.67. The van der Waals surface area contributed by atoms with Crippen molar-refractivity contribution in [3.8, 4) is 0 Å². The Hall–Kier alpha value is -1.63. The van der Waals surface area contributed by atoms with E-state index in [-0.39, 0.29) is 30.3 Å². The molecule has 2 saturated heterocycles. The average Bonchev–Trinajstić information content (AvgIpc) is 3.26. The van der Waals surface area contributed by atoms with Crippen molar-refractivity contribution >= 4 is 29.9 Å². The molecule has 7 heteroatoms. The van der Waals surface area contributed by atoms with Gasteiger partial charge in [0.25, 0.3) is 11.8 Å². The van der Waals surface area contributed by atoms with Crippen LogP contribution in [-0.4, -0.2) is 56.1 Å². The highest BCUT2D eigenvalue weighted by molar-refractivity contribution is 5.98. The van der Waals surface area contributed by atoms with Crippen molar-refractivity contribution in [3.63, 3.8) is 0 Å². The third-order valence-electron chi connectivity index (χ3n) is 4.67. The van der Waals surface area contributed by atoms with E-state index < -0.39 is 0 Å². The molecule has 1 aromatic carbocycles. The standard InChI is InChI=1S/C18H25N3O3.ClH/c1-19-11-13-7-8-21(12-13)18(23)14-4-2-5-15(10-14)20-17(22)16-6-3-9-24-16;/h2,4-5,10,13,16,19H,3,6-9,11-12H2,1H3,(H,20,22);1H. The average molecular weight is 368 g/mol. The summed E-state index contributed by atoms with van der Waals surface area (Å²) in [5, 5.41) is 6.02. The van der Waals surface area contributed by atoms with Gasteiger partial charge >= 0.3 is 0 Å². The molecule has 6 nitrogen and oxygen atoms in total. The molecule has 0 radical (unpaired) electrons. The van der Waals surface area contributed by atoms with Gasteiger partial charge in [0.2, 0.25) is 0 Å². The van der Waals surface area contributed by atoms with Crippen LogP contribution < -0.4 is 10.6 Å². The van der Waals surface area contributed by atoms with Crippen LogP contribution in [0.25, 0.3) is 0 Å². The number of nitrogens with zero attached hydrogens (tertiary/aromatic N) is 1. The van der Waals surface area contributed by atoms with Crippen molar-refractivity contribution in [2.45, 2.75) is 25.4 Å². The number of anilines is 1. The molecule has 2 aliphatic rings. The quantitative estimate of drug-likeness (QED) is 0.834. The van der Waals surface area contributed by atoms with Gasteiger partial charge in [0.1, 0.15) is 6.10 Å². The Labute approximate surface area is 154 Å².